The maximum Gasteiger partial charge on any atom is 0.255 e. The molecule has 0 atom stereocenters. The third kappa shape index (κ3) is 4.67. The Hall–Kier alpha value is -4.05. The zero-order valence-corrected chi connectivity index (χ0v) is 17.0. The Labute approximate surface area is 175 Å². The van der Waals surface area contributed by atoms with Crippen molar-refractivity contribution in [3.63, 3.8) is 0 Å². The lowest BCUT2D eigenvalue weighted by molar-refractivity contribution is -0.114. The minimum atomic E-state index is -0.245. The largest absolute Gasteiger partial charge is 0.337 e. The van der Waals surface area contributed by atoms with Crippen molar-refractivity contribution in [3.8, 4) is 17.3 Å². The fourth-order valence-electron chi connectivity index (χ4n) is 3.02. The van der Waals surface area contributed by atoms with Gasteiger partial charge >= 0.3 is 0 Å². The zero-order chi connectivity index (χ0) is 21.7. The first kappa shape index (κ1) is 20.7. The predicted octanol–water partition coefficient (Wildman–Crippen LogP) is 3.55. The Morgan fingerprint density at radius 1 is 1.17 bits per heavy atom. The molecule has 0 saturated heterocycles. The molecule has 0 saturated carbocycles. The van der Waals surface area contributed by atoms with Gasteiger partial charge in [-0.05, 0) is 42.8 Å². The van der Waals surface area contributed by atoms with E-state index in [-0.39, 0.29) is 11.8 Å². The number of hydrogen-bond donors (Lipinski definition) is 1. The van der Waals surface area contributed by atoms with Crippen LogP contribution in [-0.2, 0) is 11.3 Å². The van der Waals surface area contributed by atoms with Crippen LogP contribution < -0.4 is 5.32 Å². The first-order valence-electron chi connectivity index (χ1n) is 9.33. The van der Waals surface area contributed by atoms with E-state index in [0.717, 1.165) is 16.8 Å². The fourth-order valence-corrected chi connectivity index (χ4v) is 3.02. The van der Waals surface area contributed by atoms with Crippen LogP contribution in [0.25, 0.3) is 11.3 Å². The average Bonchev–Trinajstić information content (AvgIpc) is 2.75. The van der Waals surface area contributed by atoms with E-state index in [1.807, 2.05) is 19.1 Å². The number of aromatic nitrogens is 2. The van der Waals surface area contributed by atoms with Crippen LogP contribution in [0.5, 0.6) is 0 Å². The zero-order valence-electron chi connectivity index (χ0n) is 17.0. The summed E-state index contributed by atoms with van der Waals surface area (Å²) >= 11 is 0. The quantitative estimate of drug-likeness (QED) is 0.707. The van der Waals surface area contributed by atoms with Gasteiger partial charge in [0.05, 0.1) is 22.5 Å². The number of carbonyl (C=O) groups excluding carboxylic acids is 2. The number of nitriles is 1. The van der Waals surface area contributed by atoms with Gasteiger partial charge in [0.2, 0.25) is 5.91 Å². The Morgan fingerprint density at radius 3 is 2.60 bits per heavy atom. The van der Waals surface area contributed by atoms with E-state index >= 15 is 0 Å². The monoisotopic (exact) mass is 399 g/mol. The van der Waals surface area contributed by atoms with E-state index in [0.29, 0.717) is 29.1 Å². The van der Waals surface area contributed by atoms with Crippen molar-refractivity contribution >= 4 is 17.5 Å². The molecule has 1 aromatic carbocycles. The molecular weight excluding hydrogens is 378 g/mol. The number of benzene rings is 1. The third-order valence-corrected chi connectivity index (χ3v) is 4.63. The standard InChI is InChI=1S/C23H21N5O2/c1-15-19(5-4-10-25-15)14-28(3)23(30)18-7-8-21(26-13-18)17-6-9-22(27-16(2)29)20(11-17)12-24/h4-11,13H,14H2,1-3H3,(H,27,29). The Bertz CT molecular complexity index is 1130. The second-order valence-electron chi connectivity index (χ2n) is 6.89. The summed E-state index contributed by atoms with van der Waals surface area (Å²) in [6.07, 6.45) is 3.25. The number of amides is 2. The minimum absolute atomic E-state index is 0.143. The van der Waals surface area contributed by atoms with Crippen molar-refractivity contribution in [2.45, 2.75) is 20.4 Å². The molecule has 0 fully saturated rings. The van der Waals surface area contributed by atoms with Gasteiger partial charge in [0.1, 0.15) is 6.07 Å². The first-order chi connectivity index (χ1) is 14.4. The summed E-state index contributed by atoms with van der Waals surface area (Å²) in [6, 6.07) is 14.4. The molecule has 7 heteroatoms. The number of hydrogen-bond acceptors (Lipinski definition) is 5. The van der Waals surface area contributed by atoms with Crippen LogP contribution in [0.15, 0.2) is 54.9 Å². The molecule has 0 aliphatic carbocycles. The van der Waals surface area contributed by atoms with Crippen molar-refractivity contribution in [2.75, 3.05) is 12.4 Å². The number of nitrogens with one attached hydrogen (secondary N) is 1. The van der Waals surface area contributed by atoms with Crippen molar-refractivity contribution in [1.29, 1.82) is 5.26 Å². The summed E-state index contributed by atoms with van der Waals surface area (Å²) in [5, 5.41) is 12.0. The number of carbonyl (C=O) groups is 2. The molecule has 0 aliphatic heterocycles. The van der Waals surface area contributed by atoms with Crippen molar-refractivity contribution in [2.24, 2.45) is 0 Å². The molecule has 2 aromatic heterocycles. The molecule has 3 aromatic rings. The molecule has 3 rings (SSSR count). The molecule has 0 radical (unpaired) electrons. The number of pyridine rings is 2. The molecule has 2 amide bonds. The van der Waals surface area contributed by atoms with Crippen LogP contribution in [0.2, 0.25) is 0 Å². The summed E-state index contributed by atoms with van der Waals surface area (Å²) in [7, 11) is 1.74. The normalized spacial score (nSPS) is 10.2. The van der Waals surface area contributed by atoms with Gasteiger partial charge in [-0.15, -0.1) is 0 Å². The SMILES string of the molecule is CC(=O)Nc1ccc(-c2ccc(C(=O)N(C)Cc3cccnc3C)cn2)cc1C#N. The highest BCUT2D eigenvalue weighted by Crippen LogP contribution is 2.24. The summed E-state index contributed by atoms with van der Waals surface area (Å²) in [4.78, 5) is 34.2. The maximum atomic E-state index is 12.7. The number of anilines is 1. The fraction of sp³-hybridized carbons (Fsp3) is 0.174. The number of nitrogens with zero attached hydrogens (tertiary/aromatic N) is 4. The van der Waals surface area contributed by atoms with Gasteiger partial charge in [0.15, 0.2) is 0 Å². The van der Waals surface area contributed by atoms with Gasteiger partial charge in [-0.1, -0.05) is 12.1 Å². The molecule has 7 nitrogen and oxygen atoms in total. The average molecular weight is 399 g/mol. The first-order valence-corrected chi connectivity index (χ1v) is 9.33. The molecule has 150 valence electrons. The molecule has 0 unspecified atom stereocenters. The lowest BCUT2D eigenvalue weighted by Gasteiger charge is -2.18. The number of aryl methyl sites for hydroxylation is 1. The summed E-state index contributed by atoms with van der Waals surface area (Å²) in [5.74, 6) is -0.387. The minimum Gasteiger partial charge on any atom is -0.337 e. The van der Waals surface area contributed by atoms with Crippen LogP contribution in [0.3, 0.4) is 0 Å². The van der Waals surface area contributed by atoms with Gasteiger partial charge in [-0.2, -0.15) is 5.26 Å². The summed E-state index contributed by atoms with van der Waals surface area (Å²) < 4.78 is 0. The lowest BCUT2D eigenvalue weighted by atomic mass is 10.1. The summed E-state index contributed by atoms with van der Waals surface area (Å²) in [6.45, 7) is 3.76. The Morgan fingerprint density at radius 2 is 1.97 bits per heavy atom. The molecule has 0 aliphatic rings. The van der Waals surface area contributed by atoms with Crippen LogP contribution in [-0.4, -0.2) is 33.7 Å². The van der Waals surface area contributed by atoms with Crippen molar-refractivity contribution < 1.29 is 9.59 Å². The van der Waals surface area contributed by atoms with E-state index in [4.69, 9.17) is 0 Å². The van der Waals surface area contributed by atoms with Crippen LogP contribution >= 0.6 is 0 Å². The van der Waals surface area contributed by atoms with Gasteiger partial charge in [0.25, 0.3) is 5.91 Å². The molecule has 0 bridgehead atoms. The highest BCUT2D eigenvalue weighted by Gasteiger charge is 2.14. The Kier molecular flexibility index (Phi) is 6.18. The smallest absolute Gasteiger partial charge is 0.255 e. The van der Waals surface area contributed by atoms with E-state index < -0.39 is 0 Å². The maximum absolute atomic E-state index is 12.7. The second-order valence-corrected chi connectivity index (χ2v) is 6.89. The van der Waals surface area contributed by atoms with Gasteiger partial charge in [-0.25, -0.2) is 0 Å². The molecule has 30 heavy (non-hydrogen) atoms. The van der Waals surface area contributed by atoms with E-state index in [1.54, 1.807) is 48.5 Å². The molecular formula is C23H21N5O2. The molecule has 2 heterocycles. The Balaban J connectivity index is 1.77. The van der Waals surface area contributed by atoms with Gasteiger partial charge < -0.3 is 10.2 Å². The highest BCUT2D eigenvalue weighted by molar-refractivity contribution is 5.94. The van der Waals surface area contributed by atoms with E-state index in [2.05, 4.69) is 21.4 Å². The van der Waals surface area contributed by atoms with Gasteiger partial charge in [-0.3, -0.25) is 19.6 Å². The van der Waals surface area contributed by atoms with E-state index in [9.17, 15) is 14.9 Å². The van der Waals surface area contributed by atoms with Crippen LogP contribution in [0.1, 0.15) is 34.1 Å². The van der Waals surface area contributed by atoms with Gasteiger partial charge in [0, 0.05) is 44.2 Å². The van der Waals surface area contributed by atoms with Crippen molar-refractivity contribution in [1.82, 2.24) is 14.9 Å². The second kappa shape index (κ2) is 8.97. The van der Waals surface area contributed by atoms with E-state index in [1.165, 1.54) is 13.1 Å². The number of rotatable bonds is 5. The molecule has 1 N–H and O–H groups in total. The summed E-state index contributed by atoms with van der Waals surface area (Å²) in [5.41, 5.74) is 4.49. The predicted molar refractivity (Wildman–Crippen MR) is 113 cm³/mol. The third-order valence-electron chi connectivity index (χ3n) is 4.63. The van der Waals surface area contributed by atoms with Crippen molar-refractivity contribution in [3.05, 3.63) is 77.2 Å². The topological polar surface area (TPSA) is 99.0 Å². The highest BCUT2D eigenvalue weighted by atomic mass is 16.2. The van der Waals surface area contributed by atoms with Crippen LogP contribution in [0, 0.1) is 18.3 Å². The van der Waals surface area contributed by atoms with Crippen LogP contribution in [0.4, 0.5) is 5.69 Å². The molecule has 0 spiro atoms. The lowest BCUT2D eigenvalue weighted by Crippen LogP contribution is -2.26.